The van der Waals surface area contributed by atoms with Gasteiger partial charge in [-0.2, -0.15) is 4.31 Å². The van der Waals surface area contributed by atoms with E-state index in [1.54, 1.807) is 12.1 Å². The Balaban J connectivity index is 2.40. The maximum atomic E-state index is 12.6. The van der Waals surface area contributed by atoms with Crippen LogP contribution in [-0.4, -0.2) is 50.2 Å². The number of ether oxygens (including phenoxy) is 1. The molecular weight excluding hydrogens is 266 g/mol. The molecule has 0 aromatic heterocycles. The molecule has 1 heterocycles. The highest BCUT2D eigenvalue weighted by molar-refractivity contribution is 7.89. The van der Waals surface area contributed by atoms with Gasteiger partial charge in [0.15, 0.2) is 0 Å². The zero-order chi connectivity index (χ0) is 14.0. The molecule has 1 aliphatic rings. The normalized spacial score (nSPS) is 21.5. The van der Waals surface area contributed by atoms with Crippen LogP contribution in [0.25, 0.3) is 0 Å². The fourth-order valence-electron chi connectivity index (χ4n) is 2.32. The molecule has 1 saturated heterocycles. The molecule has 1 aromatic carbocycles. The molecular formula is C13H19NO4S. The molecule has 0 amide bonds. The highest BCUT2D eigenvalue weighted by Crippen LogP contribution is 2.22. The van der Waals surface area contributed by atoms with E-state index in [9.17, 15) is 13.5 Å². The van der Waals surface area contributed by atoms with Gasteiger partial charge in [-0.1, -0.05) is 6.07 Å². The van der Waals surface area contributed by atoms with Crippen molar-refractivity contribution in [2.45, 2.75) is 24.8 Å². The summed E-state index contributed by atoms with van der Waals surface area (Å²) in [6, 6.07) is 4.75. The number of hydrogen-bond donors (Lipinski definition) is 1. The third kappa shape index (κ3) is 2.97. The van der Waals surface area contributed by atoms with Crippen LogP contribution in [0.2, 0.25) is 0 Å². The first-order chi connectivity index (χ1) is 8.95. The van der Waals surface area contributed by atoms with E-state index in [1.807, 2.05) is 19.9 Å². The van der Waals surface area contributed by atoms with Crippen LogP contribution in [0.1, 0.15) is 11.1 Å². The van der Waals surface area contributed by atoms with Crippen LogP contribution >= 0.6 is 0 Å². The van der Waals surface area contributed by atoms with Crippen molar-refractivity contribution in [1.29, 1.82) is 0 Å². The summed E-state index contributed by atoms with van der Waals surface area (Å²) in [6.45, 7) is 4.38. The molecule has 6 heteroatoms. The number of nitrogens with zero attached hydrogens (tertiary/aromatic N) is 1. The number of sulfonamides is 1. The number of hydrogen-bond acceptors (Lipinski definition) is 4. The summed E-state index contributed by atoms with van der Waals surface area (Å²) in [6.07, 6.45) is 0. The lowest BCUT2D eigenvalue weighted by Crippen LogP contribution is -2.50. The maximum Gasteiger partial charge on any atom is 0.243 e. The summed E-state index contributed by atoms with van der Waals surface area (Å²) >= 11 is 0. The summed E-state index contributed by atoms with van der Waals surface area (Å²) in [5, 5.41) is 9.29. The Bertz CT molecular complexity index is 536. The highest BCUT2D eigenvalue weighted by Gasteiger charge is 2.33. The molecule has 1 atom stereocenters. The predicted octanol–water partition coefficient (Wildman–Crippen LogP) is 0.685. The Morgan fingerprint density at radius 1 is 1.32 bits per heavy atom. The second-order valence-electron chi connectivity index (χ2n) is 4.85. The van der Waals surface area contributed by atoms with Crippen molar-refractivity contribution in [3.63, 3.8) is 0 Å². The molecule has 0 saturated carbocycles. The quantitative estimate of drug-likeness (QED) is 0.887. The SMILES string of the molecule is Cc1cc(C)cc(S(=O)(=O)N2CCOCC2CO)c1. The smallest absolute Gasteiger partial charge is 0.243 e. The molecule has 2 rings (SSSR count). The second-order valence-corrected chi connectivity index (χ2v) is 6.74. The number of aliphatic hydroxyl groups excluding tert-OH is 1. The van der Waals surface area contributed by atoms with Crippen LogP contribution in [0.4, 0.5) is 0 Å². The van der Waals surface area contributed by atoms with E-state index >= 15 is 0 Å². The lowest BCUT2D eigenvalue weighted by Gasteiger charge is -2.33. The van der Waals surface area contributed by atoms with Gasteiger partial charge < -0.3 is 9.84 Å². The highest BCUT2D eigenvalue weighted by atomic mass is 32.2. The van der Waals surface area contributed by atoms with Gasteiger partial charge in [-0.25, -0.2) is 8.42 Å². The minimum atomic E-state index is -3.57. The van der Waals surface area contributed by atoms with E-state index in [0.717, 1.165) is 11.1 Å². The first kappa shape index (κ1) is 14.5. The van der Waals surface area contributed by atoms with E-state index in [2.05, 4.69) is 0 Å². The fourth-order valence-corrected chi connectivity index (χ4v) is 4.09. The zero-order valence-corrected chi connectivity index (χ0v) is 12.0. The van der Waals surface area contributed by atoms with Crippen LogP contribution < -0.4 is 0 Å². The van der Waals surface area contributed by atoms with E-state index in [4.69, 9.17) is 4.74 Å². The van der Waals surface area contributed by atoms with Crippen LogP contribution in [0, 0.1) is 13.8 Å². The molecule has 1 aromatic rings. The van der Waals surface area contributed by atoms with Crippen LogP contribution in [0.3, 0.4) is 0 Å². The van der Waals surface area contributed by atoms with Gasteiger partial charge in [0, 0.05) is 6.54 Å². The average Bonchev–Trinajstić information content (AvgIpc) is 2.37. The van der Waals surface area contributed by atoms with E-state index in [0.29, 0.717) is 6.61 Å². The fraction of sp³-hybridized carbons (Fsp3) is 0.538. The van der Waals surface area contributed by atoms with Gasteiger partial charge in [0.25, 0.3) is 0 Å². The first-order valence-electron chi connectivity index (χ1n) is 6.24. The van der Waals surface area contributed by atoms with Crippen molar-refractivity contribution in [2.75, 3.05) is 26.4 Å². The van der Waals surface area contributed by atoms with Gasteiger partial charge in [-0.15, -0.1) is 0 Å². The molecule has 19 heavy (non-hydrogen) atoms. The third-order valence-corrected chi connectivity index (χ3v) is 5.12. The predicted molar refractivity (Wildman–Crippen MR) is 71.5 cm³/mol. The molecule has 1 N–H and O–H groups in total. The zero-order valence-electron chi connectivity index (χ0n) is 11.2. The summed E-state index contributed by atoms with van der Waals surface area (Å²) in [5.41, 5.74) is 1.82. The molecule has 1 unspecified atom stereocenters. The topological polar surface area (TPSA) is 66.8 Å². The minimum Gasteiger partial charge on any atom is -0.395 e. The second kappa shape index (κ2) is 5.58. The van der Waals surface area contributed by atoms with Gasteiger partial charge in [-0.05, 0) is 37.1 Å². The summed E-state index contributed by atoms with van der Waals surface area (Å²) in [4.78, 5) is 0.283. The standard InChI is InChI=1S/C13H19NO4S/c1-10-5-11(2)7-13(6-10)19(16,17)14-3-4-18-9-12(14)8-15/h5-7,12,15H,3-4,8-9H2,1-2H3. The lowest BCUT2D eigenvalue weighted by molar-refractivity contribution is 0.0109. The van der Waals surface area contributed by atoms with Gasteiger partial charge in [0.1, 0.15) is 0 Å². The minimum absolute atomic E-state index is 0.232. The Labute approximate surface area is 113 Å². The van der Waals surface area contributed by atoms with Crippen molar-refractivity contribution >= 4 is 10.0 Å². The number of benzene rings is 1. The number of morpholine rings is 1. The number of rotatable bonds is 3. The Kier molecular flexibility index (Phi) is 4.25. The van der Waals surface area contributed by atoms with E-state index in [1.165, 1.54) is 4.31 Å². The van der Waals surface area contributed by atoms with Crippen molar-refractivity contribution < 1.29 is 18.3 Å². The maximum absolute atomic E-state index is 12.6. The Hall–Kier alpha value is -0.950. The Morgan fingerprint density at radius 2 is 1.95 bits per heavy atom. The molecule has 1 aliphatic heterocycles. The third-order valence-electron chi connectivity index (χ3n) is 3.19. The molecule has 106 valence electrons. The average molecular weight is 285 g/mol. The van der Waals surface area contributed by atoms with E-state index in [-0.39, 0.29) is 24.7 Å². The first-order valence-corrected chi connectivity index (χ1v) is 7.68. The van der Waals surface area contributed by atoms with E-state index < -0.39 is 16.1 Å². The van der Waals surface area contributed by atoms with Gasteiger partial charge >= 0.3 is 0 Å². The summed E-state index contributed by atoms with van der Waals surface area (Å²) < 4.78 is 31.8. The largest absolute Gasteiger partial charge is 0.395 e. The van der Waals surface area contributed by atoms with Crippen molar-refractivity contribution in [3.05, 3.63) is 29.3 Å². The van der Waals surface area contributed by atoms with Gasteiger partial charge in [0.2, 0.25) is 10.0 Å². The molecule has 0 radical (unpaired) electrons. The molecule has 0 aliphatic carbocycles. The van der Waals surface area contributed by atoms with Gasteiger partial charge in [-0.3, -0.25) is 0 Å². The molecule has 5 nitrogen and oxygen atoms in total. The van der Waals surface area contributed by atoms with Crippen molar-refractivity contribution in [3.8, 4) is 0 Å². The Morgan fingerprint density at radius 3 is 2.53 bits per heavy atom. The van der Waals surface area contributed by atoms with Crippen LogP contribution in [0.5, 0.6) is 0 Å². The van der Waals surface area contributed by atoms with Crippen LogP contribution in [0.15, 0.2) is 23.1 Å². The summed E-state index contributed by atoms with van der Waals surface area (Å²) in [7, 11) is -3.57. The summed E-state index contributed by atoms with van der Waals surface area (Å²) in [5.74, 6) is 0. The van der Waals surface area contributed by atoms with Gasteiger partial charge in [0.05, 0.1) is 30.8 Å². The van der Waals surface area contributed by atoms with Crippen molar-refractivity contribution in [2.24, 2.45) is 0 Å². The molecule has 0 spiro atoms. The molecule has 0 bridgehead atoms. The van der Waals surface area contributed by atoms with Crippen LogP contribution in [-0.2, 0) is 14.8 Å². The lowest BCUT2D eigenvalue weighted by atomic mass is 10.2. The monoisotopic (exact) mass is 285 g/mol. The number of aliphatic hydroxyl groups is 1. The van der Waals surface area contributed by atoms with Crippen molar-refractivity contribution in [1.82, 2.24) is 4.31 Å². The molecule has 1 fully saturated rings. The number of aryl methyl sites for hydroxylation is 2.